The van der Waals surface area contributed by atoms with Gasteiger partial charge in [0.05, 0.1) is 10.6 Å². The fourth-order valence-electron chi connectivity index (χ4n) is 4.09. The number of anilines is 1. The first kappa shape index (κ1) is 29.1. The second-order valence-electron chi connectivity index (χ2n) is 8.90. The summed E-state index contributed by atoms with van der Waals surface area (Å²) in [5.41, 5.74) is 2.21. The smallest absolute Gasteiger partial charge is 0.264 e. The molecule has 1 unspecified atom stereocenters. The van der Waals surface area contributed by atoms with Crippen molar-refractivity contribution in [1.82, 2.24) is 10.2 Å². The zero-order valence-corrected chi connectivity index (χ0v) is 23.3. The summed E-state index contributed by atoms with van der Waals surface area (Å²) in [6.07, 6.45) is 0.285. The number of carbonyl (C=O) groups is 2. The third kappa shape index (κ3) is 6.52. The van der Waals surface area contributed by atoms with Gasteiger partial charge < -0.3 is 10.2 Å². The van der Waals surface area contributed by atoms with Crippen LogP contribution in [0.3, 0.4) is 0 Å². The Balaban J connectivity index is 2.10. The minimum atomic E-state index is -4.20. The SMILES string of the molecule is CCC(C(=O)NC)N(Cc1ccc(F)cc1)C(=O)CN(c1cccc(Cl)c1C)S(=O)(=O)c1ccc(C)cc1. The van der Waals surface area contributed by atoms with E-state index in [0.717, 1.165) is 9.87 Å². The van der Waals surface area contributed by atoms with Gasteiger partial charge in [-0.1, -0.05) is 54.4 Å². The van der Waals surface area contributed by atoms with Crippen LogP contribution in [0.15, 0.2) is 71.6 Å². The Morgan fingerprint density at radius 1 is 1.00 bits per heavy atom. The molecule has 3 aromatic carbocycles. The van der Waals surface area contributed by atoms with Crippen LogP contribution in [0.1, 0.15) is 30.0 Å². The molecule has 0 fully saturated rings. The summed E-state index contributed by atoms with van der Waals surface area (Å²) < 4.78 is 42.3. The maximum atomic E-state index is 13.9. The molecule has 10 heteroatoms. The van der Waals surface area contributed by atoms with E-state index in [1.54, 1.807) is 44.2 Å². The van der Waals surface area contributed by atoms with Gasteiger partial charge in [-0.15, -0.1) is 0 Å². The fourth-order valence-corrected chi connectivity index (χ4v) is 5.73. The van der Waals surface area contributed by atoms with Gasteiger partial charge in [0, 0.05) is 18.6 Å². The molecule has 7 nitrogen and oxygen atoms in total. The van der Waals surface area contributed by atoms with Gasteiger partial charge in [-0.05, 0) is 67.8 Å². The summed E-state index contributed by atoms with van der Waals surface area (Å²) in [7, 11) is -2.73. The van der Waals surface area contributed by atoms with Gasteiger partial charge >= 0.3 is 0 Å². The standard InChI is InChI=1S/C28H31ClFN3O4S/c1-5-25(28(35)31-4)32(17-21-11-13-22(30)14-12-21)27(34)18-33(26-8-6-7-24(29)20(26)3)38(36,37)23-15-9-19(2)10-16-23/h6-16,25H,5,17-18H2,1-4H3,(H,31,35). The van der Waals surface area contributed by atoms with E-state index in [9.17, 15) is 22.4 Å². The number of hydrogen-bond donors (Lipinski definition) is 1. The van der Waals surface area contributed by atoms with Crippen LogP contribution in [-0.2, 0) is 26.2 Å². The molecule has 0 saturated carbocycles. The second-order valence-corrected chi connectivity index (χ2v) is 11.2. The summed E-state index contributed by atoms with van der Waals surface area (Å²) in [6, 6.07) is 15.9. The van der Waals surface area contributed by atoms with Crippen molar-refractivity contribution in [3.63, 3.8) is 0 Å². The molecule has 1 atom stereocenters. The molecule has 0 aliphatic carbocycles. The number of amides is 2. The van der Waals surface area contributed by atoms with E-state index >= 15 is 0 Å². The van der Waals surface area contributed by atoms with Crippen LogP contribution in [0.4, 0.5) is 10.1 Å². The van der Waals surface area contributed by atoms with Gasteiger partial charge in [0.2, 0.25) is 11.8 Å². The third-order valence-electron chi connectivity index (χ3n) is 6.29. The number of benzene rings is 3. The second kappa shape index (κ2) is 12.4. The van der Waals surface area contributed by atoms with Crippen molar-refractivity contribution in [2.75, 3.05) is 17.9 Å². The number of aryl methyl sites for hydroxylation is 1. The minimum absolute atomic E-state index is 0.0127. The number of carbonyl (C=O) groups excluding carboxylic acids is 2. The molecule has 38 heavy (non-hydrogen) atoms. The van der Waals surface area contributed by atoms with E-state index in [2.05, 4.69) is 5.32 Å². The van der Waals surface area contributed by atoms with Crippen LogP contribution < -0.4 is 9.62 Å². The number of sulfonamides is 1. The average Bonchev–Trinajstić information content (AvgIpc) is 2.90. The summed E-state index contributed by atoms with van der Waals surface area (Å²) >= 11 is 6.33. The molecule has 0 radical (unpaired) electrons. The molecule has 2 amide bonds. The highest BCUT2D eigenvalue weighted by atomic mass is 35.5. The average molecular weight is 560 g/mol. The lowest BCUT2D eigenvalue weighted by atomic mass is 10.1. The van der Waals surface area contributed by atoms with Crippen LogP contribution in [0.5, 0.6) is 0 Å². The molecule has 0 spiro atoms. The molecule has 0 saturated heterocycles. The molecule has 0 heterocycles. The first-order valence-corrected chi connectivity index (χ1v) is 13.9. The van der Waals surface area contributed by atoms with Gasteiger partial charge in [-0.2, -0.15) is 0 Å². The Bertz CT molecular complexity index is 1400. The number of hydrogen-bond acceptors (Lipinski definition) is 4. The molecule has 0 aromatic heterocycles. The predicted octanol–water partition coefficient (Wildman–Crippen LogP) is 4.84. The van der Waals surface area contributed by atoms with E-state index < -0.39 is 40.2 Å². The molecule has 3 aromatic rings. The minimum Gasteiger partial charge on any atom is -0.357 e. The molecule has 0 aliphatic rings. The maximum absolute atomic E-state index is 13.9. The molecule has 1 N–H and O–H groups in total. The maximum Gasteiger partial charge on any atom is 0.264 e. The lowest BCUT2D eigenvalue weighted by Gasteiger charge is -2.33. The van der Waals surface area contributed by atoms with E-state index in [-0.39, 0.29) is 23.5 Å². The van der Waals surface area contributed by atoms with E-state index in [1.165, 1.54) is 48.3 Å². The normalized spacial score (nSPS) is 12.1. The Labute approximate surface area is 228 Å². The Hall–Kier alpha value is -3.43. The van der Waals surface area contributed by atoms with Gasteiger partial charge in [-0.25, -0.2) is 12.8 Å². The highest BCUT2D eigenvalue weighted by molar-refractivity contribution is 7.92. The van der Waals surface area contributed by atoms with Crippen LogP contribution in [-0.4, -0.2) is 44.8 Å². The van der Waals surface area contributed by atoms with Gasteiger partial charge in [0.1, 0.15) is 18.4 Å². The molecule has 202 valence electrons. The zero-order chi connectivity index (χ0) is 28.0. The Morgan fingerprint density at radius 3 is 2.21 bits per heavy atom. The predicted molar refractivity (Wildman–Crippen MR) is 147 cm³/mol. The van der Waals surface area contributed by atoms with Crippen molar-refractivity contribution in [2.45, 2.75) is 44.7 Å². The summed E-state index contributed by atoms with van der Waals surface area (Å²) in [5, 5.41) is 2.91. The van der Waals surface area contributed by atoms with Crippen molar-refractivity contribution in [1.29, 1.82) is 0 Å². The van der Waals surface area contributed by atoms with E-state index in [1.807, 2.05) is 6.92 Å². The fraction of sp³-hybridized carbons (Fsp3) is 0.286. The number of likely N-dealkylation sites (N-methyl/N-ethyl adjacent to an activating group) is 1. The molecule has 0 aliphatic heterocycles. The van der Waals surface area contributed by atoms with E-state index in [4.69, 9.17) is 11.6 Å². The van der Waals surface area contributed by atoms with Gasteiger partial charge in [0.15, 0.2) is 0 Å². The number of nitrogens with one attached hydrogen (secondary N) is 1. The van der Waals surface area contributed by atoms with Crippen LogP contribution in [0.2, 0.25) is 5.02 Å². The third-order valence-corrected chi connectivity index (χ3v) is 8.48. The molecular formula is C28H31ClFN3O4S. The Morgan fingerprint density at radius 2 is 1.63 bits per heavy atom. The summed E-state index contributed by atoms with van der Waals surface area (Å²) in [6.45, 7) is 4.68. The van der Waals surface area contributed by atoms with Crippen molar-refractivity contribution in [3.05, 3.63) is 94.3 Å². The van der Waals surface area contributed by atoms with Crippen LogP contribution >= 0.6 is 11.6 Å². The largest absolute Gasteiger partial charge is 0.357 e. The lowest BCUT2D eigenvalue weighted by molar-refractivity contribution is -0.140. The molecular weight excluding hydrogens is 529 g/mol. The van der Waals surface area contributed by atoms with Crippen LogP contribution in [0, 0.1) is 19.7 Å². The first-order chi connectivity index (χ1) is 18.0. The number of halogens is 2. The topological polar surface area (TPSA) is 86.8 Å². The molecule has 3 rings (SSSR count). The highest BCUT2D eigenvalue weighted by Crippen LogP contribution is 2.31. The van der Waals surface area contributed by atoms with Crippen molar-refractivity contribution in [2.24, 2.45) is 0 Å². The number of rotatable bonds is 10. The summed E-state index contributed by atoms with van der Waals surface area (Å²) in [5.74, 6) is -1.42. The van der Waals surface area contributed by atoms with Crippen molar-refractivity contribution >= 4 is 39.1 Å². The highest BCUT2D eigenvalue weighted by Gasteiger charge is 2.34. The van der Waals surface area contributed by atoms with Crippen molar-refractivity contribution in [3.8, 4) is 0 Å². The monoisotopic (exact) mass is 559 g/mol. The number of nitrogens with zero attached hydrogens (tertiary/aromatic N) is 2. The summed E-state index contributed by atoms with van der Waals surface area (Å²) in [4.78, 5) is 27.9. The first-order valence-electron chi connectivity index (χ1n) is 12.1. The quantitative estimate of drug-likeness (QED) is 0.385. The molecule has 0 bridgehead atoms. The van der Waals surface area contributed by atoms with Gasteiger partial charge in [-0.3, -0.25) is 13.9 Å². The van der Waals surface area contributed by atoms with E-state index in [0.29, 0.717) is 16.1 Å². The van der Waals surface area contributed by atoms with Crippen molar-refractivity contribution < 1.29 is 22.4 Å². The van der Waals surface area contributed by atoms with Gasteiger partial charge in [0.25, 0.3) is 10.0 Å². The Kier molecular flexibility index (Phi) is 9.51. The zero-order valence-electron chi connectivity index (χ0n) is 21.7. The lowest BCUT2D eigenvalue weighted by Crippen LogP contribution is -2.51. The van der Waals surface area contributed by atoms with Crippen LogP contribution in [0.25, 0.3) is 0 Å².